The van der Waals surface area contributed by atoms with Crippen LogP contribution in [-0.2, 0) is 19.6 Å². The van der Waals surface area contributed by atoms with Crippen molar-refractivity contribution >= 4 is 27.7 Å². The number of ether oxygens (including phenoxy) is 3. The van der Waals surface area contributed by atoms with Crippen molar-refractivity contribution in [3.05, 3.63) is 59.2 Å². The van der Waals surface area contributed by atoms with Gasteiger partial charge in [-0.15, -0.1) is 0 Å². The number of aliphatic hydroxyl groups excluding tert-OH is 1. The molecule has 4 aliphatic rings. The number of anilines is 1. The minimum Gasteiger partial charge on any atom is -0.486 e. The number of carbonyl (C=O) groups is 2. The molecule has 2 aromatic rings. The van der Waals surface area contributed by atoms with Gasteiger partial charge < -0.3 is 34.0 Å². The SMILES string of the molecule is CC(C)(C)OC(=O)N1CCN(c2cccc(C(O)C(=O)N3CC4=C(C3)CN(S(=O)(=O)c3ccc5c(c3)OCCO5)C4)c2)CC1. The zero-order chi connectivity index (χ0) is 31.2. The molecule has 0 aliphatic carbocycles. The first-order chi connectivity index (χ1) is 20.9. The summed E-state index contributed by atoms with van der Waals surface area (Å²) in [5.74, 6) is 0.513. The number of benzene rings is 2. The second-order valence-corrected chi connectivity index (χ2v) is 14.4. The van der Waals surface area contributed by atoms with Crippen LogP contribution in [0.25, 0.3) is 0 Å². The van der Waals surface area contributed by atoms with E-state index in [0.717, 1.165) is 16.8 Å². The fraction of sp³-hybridized carbons (Fsp3) is 0.484. The van der Waals surface area contributed by atoms with E-state index in [1.54, 1.807) is 21.9 Å². The van der Waals surface area contributed by atoms with Gasteiger partial charge in [-0.3, -0.25) is 4.79 Å². The summed E-state index contributed by atoms with van der Waals surface area (Å²) in [5.41, 5.74) is 2.55. The average molecular weight is 627 g/mol. The number of nitrogens with zero attached hydrogens (tertiary/aromatic N) is 4. The predicted molar refractivity (Wildman–Crippen MR) is 161 cm³/mol. The smallest absolute Gasteiger partial charge is 0.410 e. The molecule has 6 rings (SSSR count). The van der Waals surface area contributed by atoms with Crippen molar-refractivity contribution < 1.29 is 37.3 Å². The number of piperazine rings is 1. The number of rotatable bonds is 5. The summed E-state index contributed by atoms with van der Waals surface area (Å²) in [5, 5.41) is 11.1. The van der Waals surface area contributed by atoms with Gasteiger partial charge in [0, 0.05) is 64.1 Å². The minimum atomic E-state index is -3.77. The van der Waals surface area contributed by atoms with Crippen LogP contribution in [0.15, 0.2) is 58.5 Å². The molecule has 236 valence electrons. The molecular formula is C31H38N4O8S. The normalized spacial score (nSPS) is 19.7. The van der Waals surface area contributed by atoms with Gasteiger partial charge in [0.25, 0.3) is 5.91 Å². The summed E-state index contributed by atoms with van der Waals surface area (Å²) < 4.78 is 44.7. The largest absolute Gasteiger partial charge is 0.486 e. The Morgan fingerprint density at radius 1 is 0.864 bits per heavy atom. The van der Waals surface area contributed by atoms with Gasteiger partial charge in [0.2, 0.25) is 10.0 Å². The second-order valence-electron chi connectivity index (χ2n) is 12.4. The van der Waals surface area contributed by atoms with E-state index in [2.05, 4.69) is 4.90 Å². The van der Waals surface area contributed by atoms with E-state index >= 15 is 0 Å². The van der Waals surface area contributed by atoms with Crippen LogP contribution in [-0.4, -0.2) is 111 Å². The van der Waals surface area contributed by atoms with Crippen molar-refractivity contribution in [2.24, 2.45) is 0 Å². The second kappa shape index (κ2) is 11.6. The summed E-state index contributed by atoms with van der Waals surface area (Å²) in [6.07, 6.45) is -1.68. The van der Waals surface area contributed by atoms with Gasteiger partial charge in [0.1, 0.15) is 18.8 Å². The predicted octanol–water partition coefficient (Wildman–Crippen LogP) is 2.39. The molecule has 1 atom stereocenters. The maximum absolute atomic E-state index is 13.4. The highest BCUT2D eigenvalue weighted by Crippen LogP contribution is 2.36. The molecule has 0 aromatic heterocycles. The monoisotopic (exact) mass is 626 g/mol. The molecule has 1 N–H and O–H groups in total. The number of hydrogen-bond acceptors (Lipinski definition) is 9. The summed E-state index contributed by atoms with van der Waals surface area (Å²) in [6, 6.07) is 11.9. The summed E-state index contributed by atoms with van der Waals surface area (Å²) in [7, 11) is -3.77. The van der Waals surface area contributed by atoms with Gasteiger partial charge in [-0.1, -0.05) is 12.1 Å². The molecular weight excluding hydrogens is 588 g/mol. The first-order valence-electron chi connectivity index (χ1n) is 14.8. The molecule has 0 bridgehead atoms. The zero-order valence-electron chi connectivity index (χ0n) is 25.2. The summed E-state index contributed by atoms with van der Waals surface area (Å²) >= 11 is 0. The molecule has 13 heteroatoms. The lowest BCUT2D eigenvalue weighted by atomic mass is 10.1. The van der Waals surface area contributed by atoms with E-state index in [0.29, 0.717) is 56.5 Å². The molecule has 4 heterocycles. The molecule has 4 aliphatic heterocycles. The highest BCUT2D eigenvalue weighted by molar-refractivity contribution is 7.89. The van der Waals surface area contributed by atoms with Crippen LogP contribution in [0.1, 0.15) is 32.4 Å². The van der Waals surface area contributed by atoms with Crippen molar-refractivity contribution in [3.63, 3.8) is 0 Å². The van der Waals surface area contributed by atoms with E-state index < -0.39 is 27.6 Å². The van der Waals surface area contributed by atoms with Crippen LogP contribution in [0.2, 0.25) is 0 Å². The van der Waals surface area contributed by atoms with Gasteiger partial charge in [-0.2, -0.15) is 4.31 Å². The van der Waals surface area contributed by atoms with Crippen molar-refractivity contribution in [2.75, 3.05) is 70.5 Å². The molecule has 44 heavy (non-hydrogen) atoms. The first-order valence-corrected chi connectivity index (χ1v) is 16.2. The maximum atomic E-state index is 13.4. The van der Waals surface area contributed by atoms with Crippen LogP contribution >= 0.6 is 0 Å². The standard InChI is InChI=1S/C31H38N4O8S/c1-31(2,3)43-30(38)33-11-9-32(10-12-33)24-6-4-5-21(15-24)28(36)29(37)34-17-22-19-35(20-23(22)18-34)44(39,40)25-7-8-26-27(16-25)42-14-13-41-26/h4-8,15-16,28,36H,9-14,17-20H2,1-3H3. The van der Waals surface area contributed by atoms with Crippen molar-refractivity contribution in [3.8, 4) is 11.5 Å². The Kier molecular flexibility index (Phi) is 7.97. The van der Waals surface area contributed by atoms with E-state index in [1.165, 1.54) is 16.4 Å². The van der Waals surface area contributed by atoms with Crippen molar-refractivity contribution in [2.45, 2.75) is 37.4 Å². The Balaban J connectivity index is 1.04. The fourth-order valence-electron chi connectivity index (χ4n) is 5.89. The molecule has 1 saturated heterocycles. The maximum Gasteiger partial charge on any atom is 0.410 e. The van der Waals surface area contributed by atoms with E-state index in [-0.39, 0.29) is 37.2 Å². The third kappa shape index (κ3) is 6.08. The lowest BCUT2D eigenvalue weighted by molar-refractivity contribution is -0.139. The highest BCUT2D eigenvalue weighted by atomic mass is 32.2. The fourth-order valence-corrected chi connectivity index (χ4v) is 7.33. The lowest BCUT2D eigenvalue weighted by Gasteiger charge is -2.37. The third-order valence-electron chi connectivity index (χ3n) is 8.18. The quantitative estimate of drug-likeness (QED) is 0.498. The molecule has 2 aromatic carbocycles. The molecule has 2 amide bonds. The average Bonchev–Trinajstić information content (AvgIpc) is 3.60. The number of aliphatic hydroxyl groups is 1. The van der Waals surface area contributed by atoms with Crippen LogP contribution in [0.5, 0.6) is 11.5 Å². The van der Waals surface area contributed by atoms with E-state index in [9.17, 15) is 23.1 Å². The number of amides is 2. The zero-order valence-corrected chi connectivity index (χ0v) is 26.0. The van der Waals surface area contributed by atoms with Crippen LogP contribution < -0.4 is 14.4 Å². The van der Waals surface area contributed by atoms with Crippen molar-refractivity contribution in [1.29, 1.82) is 0 Å². The van der Waals surface area contributed by atoms with E-state index in [4.69, 9.17) is 14.2 Å². The number of carbonyl (C=O) groups excluding carboxylic acids is 2. The van der Waals surface area contributed by atoms with E-state index in [1.807, 2.05) is 39.0 Å². The molecule has 1 fully saturated rings. The Bertz CT molecular complexity index is 1580. The van der Waals surface area contributed by atoms with Crippen molar-refractivity contribution in [1.82, 2.24) is 14.1 Å². The van der Waals surface area contributed by atoms with Gasteiger partial charge >= 0.3 is 6.09 Å². The summed E-state index contributed by atoms with van der Waals surface area (Å²) in [6.45, 7) is 9.44. The Labute approximate surface area is 257 Å². The molecule has 0 saturated carbocycles. The molecule has 12 nitrogen and oxygen atoms in total. The minimum absolute atomic E-state index is 0.136. The third-order valence-corrected chi connectivity index (χ3v) is 9.97. The molecule has 0 radical (unpaired) electrons. The number of fused-ring (bicyclic) bond motifs is 1. The molecule has 0 spiro atoms. The molecule has 1 unspecified atom stereocenters. The van der Waals surface area contributed by atoms with Gasteiger partial charge in [0.15, 0.2) is 17.6 Å². The van der Waals surface area contributed by atoms with Crippen LogP contribution in [0, 0.1) is 0 Å². The Morgan fingerprint density at radius 2 is 1.52 bits per heavy atom. The number of sulfonamides is 1. The van der Waals surface area contributed by atoms with Crippen LogP contribution in [0.4, 0.5) is 10.5 Å². The topological polar surface area (TPSA) is 129 Å². The Hall–Kier alpha value is -3.81. The van der Waals surface area contributed by atoms with Crippen LogP contribution in [0.3, 0.4) is 0 Å². The van der Waals surface area contributed by atoms with Gasteiger partial charge in [-0.25, -0.2) is 13.2 Å². The highest BCUT2D eigenvalue weighted by Gasteiger charge is 2.39. The van der Waals surface area contributed by atoms with Gasteiger partial charge in [0.05, 0.1) is 4.90 Å². The number of hydrogen-bond donors (Lipinski definition) is 1. The van der Waals surface area contributed by atoms with Gasteiger partial charge in [-0.05, 0) is 61.7 Å². The lowest BCUT2D eigenvalue weighted by Crippen LogP contribution is -2.50. The first kappa shape index (κ1) is 30.2. The Morgan fingerprint density at radius 3 is 2.18 bits per heavy atom. The summed E-state index contributed by atoms with van der Waals surface area (Å²) in [4.78, 5) is 31.3.